The fourth-order valence-corrected chi connectivity index (χ4v) is 1.77. The molecule has 1 atom stereocenters. The number of para-hydroxylation sites is 1. The maximum Gasteiger partial charge on any atom is 0.217 e. The maximum absolute atomic E-state index is 11.2. The minimum Gasteiger partial charge on any atom is -0.491 e. The molecule has 0 aliphatic rings. The third kappa shape index (κ3) is 4.10. The highest BCUT2D eigenvalue weighted by Crippen LogP contribution is 2.27. The van der Waals surface area contributed by atoms with Crippen molar-refractivity contribution in [2.24, 2.45) is 0 Å². The van der Waals surface area contributed by atoms with E-state index in [0.29, 0.717) is 0 Å². The summed E-state index contributed by atoms with van der Waals surface area (Å²) < 4.78 is 5.76. The van der Waals surface area contributed by atoms with Crippen LogP contribution in [0.4, 0.5) is 0 Å². The lowest BCUT2D eigenvalue weighted by Gasteiger charge is -2.21. The van der Waals surface area contributed by atoms with Crippen molar-refractivity contribution in [2.45, 2.75) is 46.3 Å². The van der Waals surface area contributed by atoms with Crippen molar-refractivity contribution >= 4 is 5.91 Å². The Hall–Kier alpha value is -1.51. The van der Waals surface area contributed by atoms with Crippen LogP contribution in [0.2, 0.25) is 0 Å². The highest BCUT2D eigenvalue weighted by Gasteiger charge is 2.15. The fourth-order valence-electron chi connectivity index (χ4n) is 1.77. The standard InChI is InChI=1S/C14H21NO2/c1-5-13(15-11(4)16)12-8-6-7-9-14(12)17-10(2)3/h6-10,13H,5H2,1-4H3,(H,15,16). The first-order valence-electron chi connectivity index (χ1n) is 6.07. The van der Waals surface area contributed by atoms with E-state index >= 15 is 0 Å². The van der Waals surface area contributed by atoms with Crippen molar-refractivity contribution in [1.29, 1.82) is 0 Å². The number of benzene rings is 1. The normalized spacial score (nSPS) is 12.3. The second-order valence-electron chi connectivity index (χ2n) is 4.37. The van der Waals surface area contributed by atoms with Gasteiger partial charge in [-0.1, -0.05) is 25.1 Å². The minimum atomic E-state index is -0.0174. The van der Waals surface area contributed by atoms with E-state index in [0.717, 1.165) is 17.7 Å². The summed E-state index contributed by atoms with van der Waals surface area (Å²) in [5.41, 5.74) is 1.04. The molecule has 1 rings (SSSR count). The van der Waals surface area contributed by atoms with Crippen LogP contribution in [0.25, 0.3) is 0 Å². The van der Waals surface area contributed by atoms with Gasteiger partial charge in [0.25, 0.3) is 0 Å². The van der Waals surface area contributed by atoms with Gasteiger partial charge in [-0.05, 0) is 26.3 Å². The monoisotopic (exact) mass is 235 g/mol. The first-order valence-corrected chi connectivity index (χ1v) is 6.07. The van der Waals surface area contributed by atoms with Crippen molar-refractivity contribution < 1.29 is 9.53 Å². The predicted octanol–water partition coefficient (Wildman–Crippen LogP) is 3.06. The van der Waals surface area contributed by atoms with E-state index in [-0.39, 0.29) is 18.1 Å². The number of amides is 1. The van der Waals surface area contributed by atoms with Crippen LogP contribution in [-0.2, 0) is 4.79 Å². The molecule has 3 heteroatoms. The summed E-state index contributed by atoms with van der Waals surface area (Å²) >= 11 is 0. The molecule has 0 aliphatic carbocycles. The van der Waals surface area contributed by atoms with Crippen LogP contribution in [-0.4, -0.2) is 12.0 Å². The van der Waals surface area contributed by atoms with Gasteiger partial charge < -0.3 is 10.1 Å². The molecule has 0 saturated heterocycles. The number of hydrogen-bond acceptors (Lipinski definition) is 2. The topological polar surface area (TPSA) is 38.3 Å². The van der Waals surface area contributed by atoms with E-state index in [1.807, 2.05) is 45.0 Å². The number of carbonyl (C=O) groups excluding carboxylic acids is 1. The second-order valence-corrected chi connectivity index (χ2v) is 4.37. The summed E-state index contributed by atoms with van der Waals surface area (Å²) in [6.45, 7) is 7.58. The lowest BCUT2D eigenvalue weighted by atomic mass is 10.0. The summed E-state index contributed by atoms with van der Waals surface area (Å²) in [7, 11) is 0. The van der Waals surface area contributed by atoms with Crippen LogP contribution in [0.5, 0.6) is 5.75 Å². The van der Waals surface area contributed by atoms with Gasteiger partial charge in [-0.15, -0.1) is 0 Å². The van der Waals surface area contributed by atoms with E-state index in [2.05, 4.69) is 5.32 Å². The molecule has 17 heavy (non-hydrogen) atoms. The van der Waals surface area contributed by atoms with Crippen LogP contribution in [0.3, 0.4) is 0 Å². The number of ether oxygens (including phenoxy) is 1. The summed E-state index contributed by atoms with van der Waals surface area (Å²) in [4.78, 5) is 11.2. The average Bonchev–Trinajstić information content (AvgIpc) is 2.26. The van der Waals surface area contributed by atoms with Crippen LogP contribution in [0.1, 0.15) is 45.7 Å². The summed E-state index contributed by atoms with van der Waals surface area (Å²) in [5.74, 6) is 0.833. The molecule has 0 radical (unpaired) electrons. The maximum atomic E-state index is 11.2. The predicted molar refractivity (Wildman–Crippen MR) is 69.1 cm³/mol. The molecule has 0 bridgehead atoms. The van der Waals surface area contributed by atoms with Gasteiger partial charge in [0.15, 0.2) is 0 Å². The van der Waals surface area contributed by atoms with Crippen LogP contribution < -0.4 is 10.1 Å². The van der Waals surface area contributed by atoms with E-state index in [1.54, 1.807) is 0 Å². The Labute approximate surface area is 103 Å². The molecule has 0 aromatic heterocycles. The summed E-state index contributed by atoms with van der Waals surface area (Å²) in [5, 5.41) is 2.94. The molecule has 0 fully saturated rings. The lowest BCUT2D eigenvalue weighted by Crippen LogP contribution is -2.26. The minimum absolute atomic E-state index is 0.0162. The Morgan fingerprint density at radius 3 is 2.53 bits per heavy atom. The van der Waals surface area contributed by atoms with Gasteiger partial charge in [-0.3, -0.25) is 4.79 Å². The molecule has 1 unspecified atom stereocenters. The third-order valence-electron chi connectivity index (χ3n) is 2.44. The quantitative estimate of drug-likeness (QED) is 0.851. The van der Waals surface area contributed by atoms with Crippen molar-refractivity contribution in [1.82, 2.24) is 5.32 Å². The van der Waals surface area contributed by atoms with Gasteiger partial charge in [0.2, 0.25) is 5.91 Å². The molecule has 1 aromatic carbocycles. The molecule has 0 heterocycles. The van der Waals surface area contributed by atoms with Gasteiger partial charge in [0, 0.05) is 12.5 Å². The molecule has 1 amide bonds. The Morgan fingerprint density at radius 2 is 2.00 bits per heavy atom. The Balaban J connectivity index is 2.96. The van der Waals surface area contributed by atoms with Crippen molar-refractivity contribution in [3.8, 4) is 5.75 Å². The number of nitrogens with one attached hydrogen (secondary N) is 1. The van der Waals surface area contributed by atoms with Gasteiger partial charge in [0.1, 0.15) is 5.75 Å². The highest BCUT2D eigenvalue weighted by atomic mass is 16.5. The molecule has 1 N–H and O–H groups in total. The van der Waals surface area contributed by atoms with Crippen LogP contribution in [0, 0.1) is 0 Å². The first kappa shape index (κ1) is 13.6. The number of carbonyl (C=O) groups is 1. The van der Waals surface area contributed by atoms with Gasteiger partial charge in [0.05, 0.1) is 12.1 Å². The molecular weight excluding hydrogens is 214 g/mol. The first-order chi connectivity index (χ1) is 8.04. The van der Waals surface area contributed by atoms with E-state index < -0.39 is 0 Å². The zero-order valence-electron chi connectivity index (χ0n) is 11.0. The second kappa shape index (κ2) is 6.28. The smallest absolute Gasteiger partial charge is 0.217 e. The van der Waals surface area contributed by atoms with Crippen LogP contribution >= 0.6 is 0 Å². The highest BCUT2D eigenvalue weighted by molar-refractivity contribution is 5.73. The molecule has 1 aromatic rings. The SMILES string of the molecule is CCC(NC(C)=O)c1ccccc1OC(C)C. The van der Waals surface area contributed by atoms with Crippen molar-refractivity contribution in [2.75, 3.05) is 0 Å². The Kier molecular flexibility index (Phi) is 5.01. The van der Waals surface area contributed by atoms with Crippen LogP contribution in [0.15, 0.2) is 24.3 Å². The molecular formula is C14H21NO2. The molecule has 94 valence electrons. The molecule has 0 saturated carbocycles. The number of hydrogen-bond donors (Lipinski definition) is 1. The lowest BCUT2D eigenvalue weighted by molar-refractivity contribution is -0.119. The molecule has 3 nitrogen and oxygen atoms in total. The van der Waals surface area contributed by atoms with Gasteiger partial charge in [-0.2, -0.15) is 0 Å². The zero-order valence-corrected chi connectivity index (χ0v) is 11.0. The van der Waals surface area contributed by atoms with Crippen molar-refractivity contribution in [3.63, 3.8) is 0 Å². The van der Waals surface area contributed by atoms with Gasteiger partial charge >= 0.3 is 0 Å². The third-order valence-corrected chi connectivity index (χ3v) is 2.44. The van der Waals surface area contributed by atoms with E-state index in [9.17, 15) is 4.79 Å². The van der Waals surface area contributed by atoms with Crippen molar-refractivity contribution in [3.05, 3.63) is 29.8 Å². The fraction of sp³-hybridized carbons (Fsp3) is 0.500. The average molecular weight is 235 g/mol. The summed E-state index contributed by atoms with van der Waals surface area (Å²) in [6.07, 6.45) is 0.976. The molecule has 0 spiro atoms. The molecule has 0 aliphatic heterocycles. The largest absolute Gasteiger partial charge is 0.491 e. The Bertz CT molecular complexity index is 374. The summed E-state index contributed by atoms with van der Waals surface area (Å²) in [6, 6.07) is 7.87. The van der Waals surface area contributed by atoms with Gasteiger partial charge in [-0.25, -0.2) is 0 Å². The van der Waals surface area contributed by atoms with E-state index in [1.165, 1.54) is 6.92 Å². The zero-order chi connectivity index (χ0) is 12.8. The number of rotatable bonds is 5. The Morgan fingerprint density at radius 1 is 1.35 bits per heavy atom. The van der Waals surface area contributed by atoms with E-state index in [4.69, 9.17) is 4.74 Å².